The Balaban J connectivity index is 1.65. The van der Waals surface area contributed by atoms with Crippen LogP contribution in [0.2, 0.25) is 0 Å². The van der Waals surface area contributed by atoms with Gasteiger partial charge in [-0.15, -0.1) is 0 Å². The minimum Gasteiger partial charge on any atom is -0.464 e. The first kappa shape index (κ1) is 19.5. The minimum absolute atomic E-state index is 0.168. The predicted molar refractivity (Wildman–Crippen MR) is 105 cm³/mol. The normalized spacial score (nSPS) is 15.0. The van der Waals surface area contributed by atoms with Crippen molar-refractivity contribution < 1.29 is 23.4 Å². The molecule has 6 nitrogen and oxygen atoms in total. The lowest BCUT2D eigenvalue weighted by molar-refractivity contribution is -0.0387. The number of carbonyl (C=O) groups excluding carboxylic acids is 1. The molecule has 0 aliphatic carbocycles. The zero-order valence-electron chi connectivity index (χ0n) is 16.3. The molecule has 0 radical (unpaired) electrons. The lowest BCUT2D eigenvalue weighted by atomic mass is 10.1. The molecule has 0 N–H and O–H groups in total. The van der Waals surface area contributed by atoms with E-state index in [0.717, 1.165) is 34.9 Å². The molecule has 0 amide bonds. The highest BCUT2D eigenvalue weighted by Gasteiger charge is 2.18. The van der Waals surface area contributed by atoms with E-state index < -0.39 is 5.97 Å². The summed E-state index contributed by atoms with van der Waals surface area (Å²) in [6, 6.07) is 8.16. The fraction of sp³-hybridized carbons (Fsp3) is 0.364. The van der Waals surface area contributed by atoms with Crippen LogP contribution in [-0.2, 0) is 27.4 Å². The maximum Gasteiger partial charge on any atom is 0.356 e. The molecule has 152 valence electrons. The zero-order valence-corrected chi connectivity index (χ0v) is 16.3. The van der Waals surface area contributed by atoms with Gasteiger partial charge >= 0.3 is 5.97 Å². The number of fused-ring (bicyclic) bond motifs is 1. The Kier molecular flexibility index (Phi) is 5.87. The Morgan fingerprint density at radius 1 is 1.28 bits per heavy atom. The molecule has 0 bridgehead atoms. The minimum atomic E-state index is -0.477. The van der Waals surface area contributed by atoms with Gasteiger partial charge in [0.25, 0.3) is 0 Å². The number of esters is 1. The summed E-state index contributed by atoms with van der Waals surface area (Å²) in [6.07, 6.45) is 5.60. The first-order valence-electron chi connectivity index (χ1n) is 9.64. The molecule has 0 unspecified atom stereocenters. The standard InChI is InChI=1S/C22H23FN2O4/c1-27-22(26)20-10-19-16(14-29-18-6-8-28-9-7-18)13-25(21(19)11-24-20)12-15-2-4-17(23)5-3-15/h2-5,10-11,13,18H,6-9,12,14H2,1H3. The van der Waals surface area contributed by atoms with E-state index in [-0.39, 0.29) is 17.6 Å². The third-order valence-corrected chi connectivity index (χ3v) is 5.15. The fourth-order valence-corrected chi connectivity index (χ4v) is 3.56. The van der Waals surface area contributed by atoms with E-state index >= 15 is 0 Å². The van der Waals surface area contributed by atoms with Crippen LogP contribution in [0.25, 0.3) is 10.9 Å². The highest BCUT2D eigenvalue weighted by molar-refractivity contribution is 5.93. The van der Waals surface area contributed by atoms with Gasteiger partial charge in [-0.2, -0.15) is 0 Å². The summed E-state index contributed by atoms with van der Waals surface area (Å²) in [5.74, 6) is -0.740. The van der Waals surface area contributed by atoms with E-state index in [1.807, 2.05) is 10.8 Å². The molecule has 1 aliphatic rings. The van der Waals surface area contributed by atoms with Crippen molar-refractivity contribution in [2.75, 3.05) is 20.3 Å². The van der Waals surface area contributed by atoms with Gasteiger partial charge in [0.1, 0.15) is 11.5 Å². The van der Waals surface area contributed by atoms with Gasteiger partial charge in [0.15, 0.2) is 0 Å². The number of pyridine rings is 1. The van der Waals surface area contributed by atoms with Gasteiger partial charge in [0, 0.05) is 36.9 Å². The number of aromatic nitrogens is 2. The smallest absolute Gasteiger partial charge is 0.356 e. The second kappa shape index (κ2) is 8.71. The number of nitrogens with zero attached hydrogens (tertiary/aromatic N) is 2. The van der Waals surface area contributed by atoms with Crippen molar-refractivity contribution in [2.45, 2.75) is 32.1 Å². The first-order valence-corrected chi connectivity index (χ1v) is 9.64. The molecular weight excluding hydrogens is 375 g/mol. The van der Waals surface area contributed by atoms with Crippen LogP contribution in [-0.4, -0.2) is 41.9 Å². The Bertz CT molecular complexity index is 994. The third kappa shape index (κ3) is 4.46. The lowest BCUT2D eigenvalue weighted by Gasteiger charge is -2.22. The number of hydrogen-bond donors (Lipinski definition) is 0. The summed E-state index contributed by atoms with van der Waals surface area (Å²) in [7, 11) is 1.34. The molecule has 1 aromatic carbocycles. The van der Waals surface area contributed by atoms with E-state index in [0.29, 0.717) is 26.4 Å². The Morgan fingerprint density at radius 2 is 2.03 bits per heavy atom. The van der Waals surface area contributed by atoms with Gasteiger partial charge in [0.05, 0.1) is 31.5 Å². The summed E-state index contributed by atoms with van der Waals surface area (Å²) in [4.78, 5) is 16.2. The van der Waals surface area contributed by atoms with Gasteiger partial charge in [-0.1, -0.05) is 12.1 Å². The Labute approximate surface area is 168 Å². The summed E-state index contributed by atoms with van der Waals surface area (Å²) >= 11 is 0. The van der Waals surface area contributed by atoms with Crippen LogP contribution in [0, 0.1) is 5.82 Å². The van der Waals surface area contributed by atoms with Crippen LogP contribution in [0.1, 0.15) is 34.5 Å². The molecule has 4 rings (SSSR count). The highest BCUT2D eigenvalue weighted by Crippen LogP contribution is 2.25. The zero-order chi connectivity index (χ0) is 20.2. The summed E-state index contributed by atoms with van der Waals surface area (Å²) < 4.78 is 31.6. The number of ether oxygens (including phenoxy) is 3. The lowest BCUT2D eigenvalue weighted by Crippen LogP contribution is -2.23. The van der Waals surface area contributed by atoms with Crippen molar-refractivity contribution in [2.24, 2.45) is 0 Å². The van der Waals surface area contributed by atoms with Crippen molar-refractivity contribution in [1.29, 1.82) is 0 Å². The first-order chi connectivity index (χ1) is 14.1. The number of hydrogen-bond acceptors (Lipinski definition) is 5. The molecule has 0 spiro atoms. The molecule has 2 aromatic heterocycles. The van der Waals surface area contributed by atoms with E-state index in [4.69, 9.17) is 14.2 Å². The van der Waals surface area contributed by atoms with Crippen molar-refractivity contribution in [3.63, 3.8) is 0 Å². The third-order valence-electron chi connectivity index (χ3n) is 5.15. The SMILES string of the molecule is COC(=O)c1cc2c(COC3CCOCC3)cn(Cc3ccc(F)cc3)c2cn1. The van der Waals surface area contributed by atoms with Crippen LogP contribution >= 0.6 is 0 Å². The number of halogens is 1. The molecule has 0 saturated carbocycles. The monoisotopic (exact) mass is 398 g/mol. The van der Waals surface area contributed by atoms with Gasteiger partial charge in [-0.3, -0.25) is 0 Å². The molecule has 7 heteroatoms. The quantitative estimate of drug-likeness (QED) is 0.593. The van der Waals surface area contributed by atoms with Gasteiger partial charge < -0.3 is 18.8 Å². The molecule has 1 fully saturated rings. The molecule has 3 aromatic rings. The number of benzene rings is 1. The van der Waals surface area contributed by atoms with Crippen LogP contribution in [0.4, 0.5) is 4.39 Å². The maximum absolute atomic E-state index is 13.2. The second-order valence-corrected chi connectivity index (χ2v) is 7.11. The maximum atomic E-state index is 13.2. The average Bonchev–Trinajstić information content (AvgIpc) is 3.10. The van der Waals surface area contributed by atoms with Crippen LogP contribution in [0.3, 0.4) is 0 Å². The van der Waals surface area contributed by atoms with E-state index in [1.165, 1.54) is 19.2 Å². The second-order valence-electron chi connectivity index (χ2n) is 7.11. The molecule has 1 aliphatic heterocycles. The van der Waals surface area contributed by atoms with Crippen molar-refractivity contribution in [1.82, 2.24) is 9.55 Å². The fourth-order valence-electron chi connectivity index (χ4n) is 3.56. The highest BCUT2D eigenvalue weighted by atomic mass is 19.1. The molecule has 29 heavy (non-hydrogen) atoms. The van der Waals surface area contributed by atoms with Gasteiger partial charge in [-0.25, -0.2) is 14.2 Å². The molecule has 1 saturated heterocycles. The topological polar surface area (TPSA) is 62.6 Å². The number of methoxy groups -OCH3 is 1. The number of carbonyl (C=O) groups is 1. The largest absolute Gasteiger partial charge is 0.464 e. The van der Waals surface area contributed by atoms with Crippen LogP contribution in [0.5, 0.6) is 0 Å². The molecule has 3 heterocycles. The molecular formula is C22H23FN2O4. The van der Waals surface area contributed by atoms with Crippen molar-refractivity contribution in [3.05, 3.63) is 65.4 Å². The average molecular weight is 398 g/mol. The van der Waals surface area contributed by atoms with Gasteiger partial charge in [0.2, 0.25) is 0 Å². The molecule has 0 atom stereocenters. The van der Waals surface area contributed by atoms with Crippen molar-refractivity contribution >= 4 is 16.9 Å². The summed E-state index contributed by atoms with van der Waals surface area (Å²) in [5, 5.41) is 0.898. The van der Waals surface area contributed by atoms with Gasteiger partial charge in [-0.05, 0) is 36.6 Å². The summed E-state index contributed by atoms with van der Waals surface area (Å²) in [5.41, 5.74) is 3.08. The van der Waals surface area contributed by atoms with Crippen LogP contribution in [0.15, 0.2) is 42.7 Å². The van der Waals surface area contributed by atoms with Crippen LogP contribution < -0.4 is 0 Å². The summed E-state index contributed by atoms with van der Waals surface area (Å²) in [6.45, 7) is 2.43. The van der Waals surface area contributed by atoms with E-state index in [2.05, 4.69) is 4.98 Å². The van der Waals surface area contributed by atoms with E-state index in [9.17, 15) is 9.18 Å². The Morgan fingerprint density at radius 3 is 2.76 bits per heavy atom. The Hall–Kier alpha value is -2.77. The van der Waals surface area contributed by atoms with E-state index in [1.54, 1.807) is 24.4 Å². The van der Waals surface area contributed by atoms with Crippen molar-refractivity contribution in [3.8, 4) is 0 Å². The number of rotatable bonds is 6. The predicted octanol–water partition coefficient (Wildman–Crippen LogP) is 3.71.